The molecular weight excluding hydrogens is 634 g/mol. The quantitative estimate of drug-likeness (QED) is 0.108. The summed E-state index contributed by atoms with van der Waals surface area (Å²) in [6.45, 7) is 2.07. The molecule has 0 aliphatic carbocycles. The van der Waals surface area contributed by atoms with Crippen molar-refractivity contribution >= 4 is 17.9 Å². The third-order valence-electron chi connectivity index (χ3n) is 7.66. The van der Waals surface area contributed by atoms with E-state index < -0.39 is 23.9 Å². The highest BCUT2D eigenvalue weighted by molar-refractivity contribution is 5.99. The van der Waals surface area contributed by atoms with E-state index in [0.717, 1.165) is 28.0 Å². The molecule has 11 heteroatoms. The van der Waals surface area contributed by atoms with E-state index in [2.05, 4.69) is 20.6 Å². The van der Waals surface area contributed by atoms with Crippen LogP contribution in [0.4, 0.5) is 4.79 Å². The Labute approximate surface area is 291 Å². The van der Waals surface area contributed by atoms with Crippen molar-refractivity contribution in [3.05, 3.63) is 156 Å². The lowest BCUT2D eigenvalue weighted by atomic mass is 10.1. The van der Waals surface area contributed by atoms with Crippen molar-refractivity contribution in [3.63, 3.8) is 0 Å². The number of benzene rings is 4. The van der Waals surface area contributed by atoms with Crippen molar-refractivity contribution < 1.29 is 28.6 Å². The second kappa shape index (κ2) is 19.3. The Hall–Kier alpha value is -5.78. The number of hydrogen-bond acceptors (Lipinski definition) is 8. The van der Waals surface area contributed by atoms with Crippen molar-refractivity contribution in [1.82, 2.24) is 25.5 Å². The van der Waals surface area contributed by atoms with E-state index >= 15 is 0 Å². The highest BCUT2D eigenvalue weighted by Crippen LogP contribution is 2.16. The Morgan fingerprint density at radius 2 is 1.36 bits per heavy atom. The van der Waals surface area contributed by atoms with Crippen molar-refractivity contribution in [2.45, 2.75) is 38.8 Å². The summed E-state index contributed by atoms with van der Waals surface area (Å²) in [5.74, 6) is -0.460. The smallest absolute Gasteiger partial charge is 0.408 e. The zero-order valence-corrected chi connectivity index (χ0v) is 27.7. The Bertz CT molecular complexity index is 1740. The average molecular weight is 676 g/mol. The van der Waals surface area contributed by atoms with E-state index in [4.69, 9.17) is 14.2 Å². The summed E-state index contributed by atoms with van der Waals surface area (Å²) in [7, 11) is 0. The number of amides is 3. The normalized spacial score (nSPS) is 11.5. The molecule has 5 rings (SSSR count). The van der Waals surface area contributed by atoms with E-state index in [-0.39, 0.29) is 19.6 Å². The molecule has 0 radical (unpaired) electrons. The van der Waals surface area contributed by atoms with Gasteiger partial charge < -0.3 is 24.5 Å². The van der Waals surface area contributed by atoms with Crippen LogP contribution in [0.2, 0.25) is 0 Å². The first-order chi connectivity index (χ1) is 24.5. The summed E-state index contributed by atoms with van der Waals surface area (Å²) in [5, 5.41) is 5.04. The Morgan fingerprint density at radius 1 is 0.740 bits per heavy atom. The lowest BCUT2D eigenvalue weighted by Gasteiger charge is -2.23. The molecule has 0 bridgehead atoms. The van der Waals surface area contributed by atoms with E-state index in [1.54, 1.807) is 6.20 Å². The Morgan fingerprint density at radius 3 is 1.98 bits per heavy atom. The zero-order chi connectivity index (χ0) is 34.8. The standard InChI is InChI=1S/C39H41N5O6/c45-37(43-38(46)36(22-34-23-40-29-41-34)42-39(47)50-28-33-14-8-3-9-15-33)25-44(20-21-48-26-31-10-4-1-5-11-31)24-30-16-18-35(19-17-30)49-27-32-12-6-2-7-13-32/h1-19,23,29,36H,20-22,24-28H2,(H,40,41)(H,42,47)(H,43,45,46)/t36-/m0/s1. The summed E-state index contributed by atoms with van der Waals surface area (Å²) in [5.41, 5.74) is 4.41. The van der Waals surface area contributed by atoms with E-state index in [1.165, 1.54) is 6.33 Å². The SMILES string of the molecule is O=C(CN(CCOCc1ccccc1)Cc1ccc(OCc2ccccc2)cc1)NC(=O)[C@H](Cc1c[nH]cn1)NC(=O)OCc1ccccc1. The number of ether oxygens (including phenoxy) is 3. The molecule has 1 atom stereocenters. The van der Waals surface area contributed by atoms with Gasteiger partial charge in [-0.25, -0.2) is 9.78 Å². The predicted molar refractivity (Wildman–Crippen MR) is 188 cm³/mol. The fraction of sp³-hybridized carbons (Fsp3) is 0.231. The number of nitrogens with zero attached hydrogens (tertiary/aromatic N) is 2. The molecule has 258 valence electrons. The minimum atomic E-state index is -1.10. The molecule has 50 heavy (non-hydrogen) atoms. The van der Waals surface area contributed by atoms with Gasteiger partial charge in [0.15, 0.2) is 0 Å². The summed E-state index contributed by atoms with van der Waals surface area (Å²) < 4.78 is 17.2. The number of nitrogens with one attached hydrogen (secondary N) is 3. The maximum atomic E-state index is 13.4. The molecule has 1 aromatic heterocycles. The molecule has 4 aromatic carbocycles. The molecule has 0 aliphatic heterocycles. The highest BCUT2D eigenvalue weighted by Gasteiger charge is 2.25. The third-order valence-corrected chi connectivity index (χ3v) is 7.66. The van der Waals surface area contributed by atoms with Crippen LogP contribution in [-0.2, 0) is 51.8 Å². The molecule has 0 unspecified atom stereocenters. The molecular formula is C39H41N5O6. The maximum absolute atomic E-state index is 13.4. The molecule has 0 saturated heterocycles. The van der Waals surface area contributed by atoms with Gasteiger partial charge in [-0.05, 0) is 34.4 Å². The van der Waals surface area contributed by atoms with Gasteiger partial charge in [-0.3, -0.25) is 19.8 Å². The van der Waals surface area contributed by atoms with Gasteiger partial charge in [0.25, 0.3) is 0 Å². The Balaban J connectivity index is 1.18. The minimum absolute atomic E-state index is 0.0315. The molecule has 11 nitrogen and oxygen atoms in total. The van der Waals surface area contributed by atoms with Crippen LogP contribution in [-0.4, -0.2) is 58.5 Å². The first kappa shape index (κ1) is 35.5. The monoisotopic (exact) mass is 675 g/mol. The number of aromatic amines is 1. The minimum Gasteiger partial charge on any atom is -0.489 e. The second-order valence-corrected chi connectivity index (χ2v) is 11.6. The number of carbonyl (C=O) groups excluding carboxylic acids is 3. The van der Waals surface area contributed by atoms with E-state index in [0.29, 0.717) is 38.6 Å². The topological polar surface area (TPSA) is 135 Å². The number of carbonyl (C=O) groups is 3. The summed E-state index contributed by atoms with van der Waals surface area (Å²) in [6.07, 6.45) is 2.36. The number of hydrogen-bond donors (Lipinski definition) is 3. The first-order valence-corrected chi connectivity index (χ1v) is 16.4. The summed E-state index contributed by atoms with van der Waals surface area (Å²) in [6, 6.07) is 35.6. The van der Waals surface area contributed by atoms with Crippen LogP contribution >= 0.6 is 0 Å². The number of rotatable bonds is 18. The van der Waals surface area contributed by atoms with Gasteiger partial charge in [0.1, 0.15) is 25.0 Å². The van der Waals surface area contributed by atoms with E-state index in [9.17, 15) is 14.4 Å². The van der Waals surface area contributed by atoms with Crippen molar-refractivity contribution in [2.24, 2.45) is 0 Å². The van der Waals surface area contributed by atoms with Gasteiger partial charge in [0.2, 0.25) is 11.8 Å². The number of H-pyrrole nitrogens is 1. The maximum Gasteiger partial charge on any atom is 0.408 e. The van der Waals surface area contributed by atoms with Gasteiger partial charge in [-0.1, -0.05) is 103 Å². The van der Waals surface area contributed by atoms with Crippen LogP contribution in [0.25, 0.3) is 0 Å². The lowest BCUT2D eigenvalue weighted by molar-refractivity contribution is -0.132. The van der Waals surface area contributed by atoms with Gasteiger partial charge in [0.05, 0.1) is 31.8 Å². The molecule has 0 saturated carbocycles. The van der Waals surface area contributed by atoms with Gasteiger partial charge in [-0.2, -0.15) is 0 Å². The van der Waals surface area contributed by atoms with Crippen molar-refractivity contribution in [3.8, 4) is 5.75 Å². The Kier molecular flexibility index (Phi) is 13.7. The predicted octanol–water partition coefficient (Wildman–Crippen LogP) is 5.19. The van der Waals surface area contributed by atoms with Gasteiger partial charge in [-0.15, -0.1) is 0 Å². The molecule has 0 spiro atoms. The summed E-state index contributed by atoms with van der Waals surface area (Å²) >= 11 is 0. The van der Waals surface area contributed by atoms with Gasteiger partial charge in [0, 0.05) is 25.7 Å². The first-order valence-electron chi connectivity index (χ1n) is 16.4. The van der Waals surface area contributed by atoms with Crippen LogP contribution in [0, 0.1) is 0 Å². The van der Waals surface area contributed by atoms with Crippen LogP contribution in [0.15, 0.2) is 128 Å². The fourth-order valence-corrected chi connectivity index (χ4v) is 5.06. The largest absolute Gasteiger partial charge is 0.489 e. The molecule has 3 amide bonds. The van der Waals surface area contributed by atoms with Crippen molar-refractivity contribution in [2.75, 3.05) is 19.7 Å². The average Bonchev–Trinajstić information content (AvgIpc) is 3.66. The summed E-state index contributed by atoms with van der Waals surface area (Å²) in [4.78, 5) is 48.2. The molecule has 1 heterocycles. The van der Waals surface area contributed by atoms with Crippen LogP contribution in [0.5, 0.6) is 5.75 Å². The molecule has 3 N–H and O–H groups in total. The van der Waals surface area contributed by atoms with Crippen LogP contribution in [0.1, 0.15) is 27.9 Å². The third kappa shape index (κ3) is 12.3. The molecule has 0 aliphatic rings. The lowest BCUT2D eigenvalue weighted by Crippen LogP contribution is -2.51. The fourth-order valence-electron chi connectivity index (χ4n) is 5.06. The molecule has 0 fully saturated rings. The van der Waals surface area contributed by atoms with Crippen molar-refractivity contribution in [1.29, 1.82) is 0 Å². The molecule has 5 aromatic rings. The van der Waals surface area contributed by atoms with Gasteiger partial charge >= 0.3 is 6.09 Å². The second-order valence-electron chi connectivity index (χ2n) is 11.6. The number of aromatic nitrogens is 2. The zero-order valence-electron chi connectivity index (χ0n) is 27.7. The number of imidazole rings is 1. The van der Waals surface area contributed by atoms with E-state index in [1.807, 2.05) is 120 Å². The number of alkyl carbamates (subject to hydrolysis) is 1. The van der Waals surface area contributed by atoms with Crippen LogP contribution < -0.4 is 15.4 Å². The van der Waals surface area contributed by atoms with Crippen LogP contribution in [0.3, 0.4) is 0 Å². The highest BCUT2D eigenvalue weighted by atomic mass is 16.5. The number of imide groups is 1.